The van der Waals surface area contributed by atoms with Crippen molar-refractivity contribution in [3.63, 3.8) is 0 Å². The highest BCUT2D eigenvalue weighted by atomic mass is 16.3. The molecule has 0 saturated carbocycles. The molecule has 1 atom stereocenters. The number of carbonyl (C=O) groups excluding carboxylic acids is 1. The normalized spacial score (nSPS) is 17.0. The Morgan fingerprint density at radius 2 is 2.29 bits per heavy atom. The summed E-state index contributed by atoms with van der Waals surface area (Å²) in [5.74, 6) is 1.70. The zero-order valence-electron chi connectivity index (χ0n) is 14.0. The molecular weight excluding hydrogens is 302 g/mol. The lowest BCUT2D eigenvalue weighted by atomic mass is 9.98. The van der Waals surface area contributed by atoms with E-state index < -0.39 is 0 Å². The van der Waals surface area contributed by atoms with Gasteiger partial charge in [-0.1, -0.05) is 0 Å². The highest BCUT2D eigenvalue weighted by Gasteiger charge is 2.23. The predicted octanol–water partition coefficient (Wildman–Crippen LogP) is 3.27. The van der Waals surface area contributed by atoms with Crippen LogP contribution >= 0.6 is 0 Å². The second-order valence-corrected chi connectivity index (χ2v) is 6.71. The molecule has 0 bridgehead atoms. The molecule has 124 valence electrons. The van der Waals surface area contributed by atoms with Crippen molar-refractivity contribution >= 4 is 16.9 Å². The molecule has 1 unspecified atom stereocenters. The van der Waals surface area contributed by atoms with E-state index in [2.05, 4.69) is 15.7 Å². The average molecular weight is 323 g/mol. The first kappa shape index (κ1) is 15.0. The number of aromatic nitrogens is 2. The molecule has 1 aliphatic rings. The SMILES string of the molecule is Cc1cn2c(n1)CCC(CN(C)C(=O)c1ccc3occc3c1)C2. The second kappa shape index (κ2) is 5.82. The van der Waals surface area contributed by atoms with Crippen molar-refractivity contribution in [3.8, 4) is 0 Å². The molecule has 0 N–H and O–H groups in total. The number of hydrogen-bond acceptors (Lipinski definition) is 3. The third kappa shape index (κ3) is 2.70. The number of imidazole rings is 1. The van der Waals surface area contributed by atoms with Crippen LogP contribution in [0, 0.1) is 12.8 Å². The minimum atomic E-state index is 0.0608. The summed E-state index contributed by atoms with van der Waals surface area (Å²) in [7, 11) is 1.89. The van der Waals surface area contributed by atoms with Gasteiger partial charge in [-0.2, -0.15) is 0 Å². The molecule has 0 aliphatic carbocycles. The van der Waals surface area contributed by atoms with Gasteiger partial charge < -0.3 is 13.9 Å². The van der Waals surface area contributed by atoms with Crippen molar-refractivity contribution < 1.29 is 9.21 Å². The van der Waals surface area contributed by atoms with Gasteiger partial charge in [-0.15, -0.1) is 0 Å². The van der Waals surface area contributed by atoms with Crippen LogP contribution in [0.1, 0.15) is 28.3 Å². The molecular formula is C19H21N3O2. The number of nitrogens with zero attached hydrogens (tertiary/aromatic N) is 3. The molecule has 3 aromatic rings. The topological polar surface area (TPSA) is 51.3 Å². The molecule has 0 saturated heterocycles. The van der Waals surface area contributed by atoms with Crippen LogP contribution in [0.3, 0.4) is 0 Å². The van der Waals surface area contributed by atoms with Gasteiger partial charge in [-0.3, -0.25) is 4.79 Å². The Morgan fingerprint density at radius 1 is 1.42 bits per heavy atom. The summed E-state index contributed by atoms with van der Waals surface area (Å²) < 4.78 is 7.57. The van der Waals surface area contributed by atoms with E-state index in [1.807, 2.05) is 43.1 Å². The van der Waals surface area contributed by atoms with Gasteiger partial charge in [0, 0.05) is 43.7 Å². The standard InChI is InChI=1S/C19H21N3O2/c1-13-10-22-12-14(3-6-18(22)20-13)11-21(2)19(23)16-4-5-17-15(9-16)7-8-24-17/h4-5,7-10,14H,3,6,11-12H2,1-2H3. The van der Waals surface area contributed by atoms with Crippen LogP contribution in [0.15, 0.2) is 41.1 Å². The number of hydrogen-bond donors (Lipinski definition) is 0. The van der Waals surface area contributed by atoms with E-state index >= 15 is 0 Å². The Morgan fingerprint density at radius 3 is 3.17 bits per heavy atom. The minimum Gasteiger partial charge on any atom is -0.464 e. The number of aryl methyl sites for hydroxylation is 2. The molecule has 24 heavy (non-hydrogen) atoms. The molecule has 5 nitrogen and oxygen atoms in total. The third-order valence-corrected chi connectivity index (χ3v) is 4.79. The molecule has 2 aromatic heterocycles. The van der Waals surface area contributed by atoms with Gasteiger partial charge in [0.05, 0.1) is 12.0 Å². The maximum Gasteiger partial charge on any atom is 0.253 e. The molecule has 0 radical (unpaired) electrons. The summed E-state index contributed by atoms with van der Waals surface area (Å²) >= 11 is 0. The molecule has 1 amide bonds. The molecule has 1 aromatic carbocycles. The predicted molar refractivity (Wildman–Crippen MR) is 91.9 cm³/mol. The lowest BCUT2D eigenvalue weighted by molar-refractivity contribution is 0.0760. The van der Waals surface area contributed by atoms with E-state index in [1.54, 1.807) is 6.26 Å². The van der Waals surface area contributed by atoms with E-state index in [1.165, 1.54) is 5.82 Å². The third-order valence-electron chi connectivity index (χ3n) is 4.79. The molecule has 0 spiro atoms. The summed E-state index contributed by atoms with van der Waals surface area (Å²) in [6.07, 6.45) is 5.82. The first-order valence-corrected chi connectivity index (χ1v) is 8.35. The van der Waals surface area contributed by atoms with Crippen LogP contribution in [0.4, 0.5) is 0 Å². The van der Waals surface area contributed by atoms with Crippen molar-refractivity contribution in [2.75, 3.05) is 13.6 Å². The lowest BCUT2D eigenvalue weighted by Gasteiger charge is -2.28. The fraction of sp³-hybridized carbons (Fsp3) is 0.368. The fourth-order valence-corrected chi connectivity index (χ4v) is 3.60. The van der Waals surface area contributed by atoms with E-state index in [-0.39, 0.29) is 5.91 Å². The van der Waals surface area contributed by atoms with E-state index in [0.717, 1.165) is 42.6 Å². The van der Waals surface area contributed by atoms with Crippen LogP contribution in [0.5, 0.6) is 0 Å². The van der Waals surface area contributed by atoms with Gasteiger partial charge in [0.25, 0.3) is 5.91 Å². The maximum absolute atomic E-state index is 12.7. The van der Waals surface area contributed by atoms with Gasteiger partial charge in [-0.25, -0.2) is 4.98 Å². The van der Waals surface area contributed by atoms with Gasteiger partial charge in [0.1, 0.15) is 11.4 Å². The molecule has 1 aliphatic heterocycles. The Balaban J connectivity index is 1.45. The summed E-state index contributed by atoms with van der Waals surface area (Å²) in [6, 6.07) is 7.48. The molecule has 3 heterocycles. The fourth-order valence-electron chi connectivity index (χ4n) is 3.60. The van der Waals surface area contributed by atoms with Gasteiger partial charge in [0.15, 0.2) is 0 Å². The number of benzene rings is 1. The van der Waals surface area contributed by atoms with E-state index in [0.29, 0.717) is 11.5 Å². The van der Waals surface area contributed by atoms with Crippen molar-refractivity contribution in [1.82, 2.24) is 14.5 Å². The quantitative estimate of drug-likeness (QED) is 0.743. The largest absolute Gasteiger partial charge is 0.464 e. The number of carbonyl (C=O) groups is 1. The summed E-state index contributed by atoms with van der Waals surface area (Å²) in [4.78, 5) is 19.1. The van der Waals surface area contributed by atoms with Crippen LogP contribution in [0.2, 0.25) is 0 Å². The lowest BCUT2D eigenvalue weighted by Crippen LogP contribution is -2.35. The number of furan rings is 1. The monoisotopic (exact) mass is 323 g/mol. The van der Waals surface area contributed by atoms with Crippen molar-refractivity contribution in [1.29, 1.82) is 0 Å². The summed E-state index contributed by atoms with van der Waals surface area (Å²) in [6.45, 7) is 3.73. The van der Waals surface area contributed by atoms with E-state index in [4.69, 9.17) is 4.42 Å². The molecule has 0 fully saturated rings. The highest BCUT2D eigenvalue weighted by Crippen LogP contribution is 2.22. The van der Waals surface area contributed by atoms with Crippen LogP contribution < -0.4 is 0 Å². The number of amides is 1. The second-order valence-electron chi connectivity index (χ2n) is 6.71. The molecule has 4 rings (SSSR count). The first-order valence-electron chi connectivity index (χ1n) is 8.35. The Labute approximate surface area is 140 Å². The van der Waals surface area contributed by atoms with Crippen molar-refractivity contribution in [2.45, 2.75) is 26.3 Å². The number of rotatable bonds is 3. The van der Waals surface area contributed by atoms with Crippen molar-refractivity contribution in [2.24, 2.45) is 5.92 Å². The minimum absolute atomic E-state index is 0.0608. The summed E-state index contributed by atoms with van der Waals surface area (Å²) in [5, 5.41) is 0.963. The average Bonchev–Trinajstić information content (AvgIpc) is 3.17. The van der Waals surface area contributed by atoms with Gasteiger partial charge in [0.2, 0.25) is 0 Å². The van der Waals surface area contributed by atoms with Crippen LogP contribution in [0.25, 0.3) is 11.0 Å². The maximum atomic E-state index is 12.7. The number of fused-ring (bicyclic) bond motifs is 2. The van der Waals surface area contributed by atoms with Gasteiger partial charge in [-0.05, 0) is 43.5 Å². The Kier molecular flexibility index (Phi) is 3.63. The Hall–Kier alpha value is -2.56. The molecule has 5 heteroatoms. The van der Waals surface area contributed by atoms with E-state index in [9.17, 15) is 4.79 Å². The Bertz CT molecular complexity index is 893. The zero-order valence-corrected chi connectivity index (χ0v) is 14.0. The van der Waals surface area contributed by atoms with Crippen LogP contribution in [-0.2, 0) is 13.0 Å². The van der Waals surface area contributed by atoms with Gasteiger partial charge >= 0.3 is 0 Å². The smallest absolute Gasteiger partial charge is 0.253 e. The van der Waals surface area contributed by atoms with Crippen molar-refractivity contribution in [3.05, 3.63) is 53.8 Å². The highest BCUT2D eigenvalue weighted by molar-refractivity contribution is 5.97. The first-order chi connectivity index (χ1) is 11.6. The summed E-state index contributed by atoms with van der Waals surface area (Å²) in [5.41, 5.74) is 2.59. The van der Waals surface area contributed by atoms with Crippen LogP contribution in [-0.4, -0.2) is 34.0 Å². The zero-order chi connectivity index (χ0) is 16.7.